The third kappa shape index (κ3) is 3.42. The zero-order valence-corrected chi connectivity index (χ0v) is 15.7. The van der Waals surface area contributed by atoms with E-state index >= 15 is 0 Å². The fourth-order valence-electron chi connectivity index (χ4n) is 3.90. The van der Waals surface area contributed by atoms with Crippen LogP contribution in [0.15, 0.2) is 47.8 Å². The van der Waals surface area contributed by atoms with Crippen molar-refractivity contribution in [3.63, 3.8) is 0 Å². The Morgan fingerprint density at radius 3 is 2.57 bits per heavy atom. The van der Waals surface area contributed by atoms with Gasteiger partial charge in [-0.3, -0.25) is 9.78 Å². The van der Waals surface area contributed by atoms with E-state index in [1.807, 2.05) is 12.3 Å². The van der Waals surface area contributed by atoms with Crippen molar-refractivity contribution in [3.8, 4) is 5.82 Å². The highest BCUT2D eigenvalue weighted by Crippen LogP contribution is 2.42. The molecule has 5 rings (SSSR count). The topological polar surface area (TPSA) is 81.7 Å². The quantitative estimate of drug-likeness (QED) is 0.677. The summed E-state index contributed by atoms with van der Waals surface area (Å²) in [5.74, 6) is 2.74. The molecule has 0 spiro atoms. The van der Waals surface area contributed by atoms with Crippen molar-refractivity contribution in [1.82, 2.24) is 29.5 Å². The molecule has 0 aromatic carbocycles. The maximum Gasteiger partial charge on any atom is 0.266 e. The zero-order chi connectivity index (χ0) is 18.9. The first-order valence-corrected chi connectivity index (χ1v) is 9.92. The molecule has 0 unspecified atom stereocenters. The Morgan fingerprint density at radius 2 is 1.82 bits per heavy atom. The van der Waals surface area contributed by atoms with Crippen LogP contribution < -0.4 is 10.5 Å². The normalized spacial score (nSPS) is 17.8. The summed E-state index contributed by atoms with van der Waals surface area (Å²) < 4.78 is 3.25. The summed E-state index contributed by atoms with van der Waals surface area (Å²) in [6.45, 7) is 2.52. The van der Waals surface area contributed by atoms with Crippen molar-refractivity contribution < 1.29 is 0 Å². The molecule has 0 radical (unpaired) electrons. The summed E-state index contributed by atoms with van der Waals surface area (Å²) in [5.41, 5.74) is 1.09. The Balaban J connectivity index is 1.27. The van der Waals surface area contributed by atoms with E-state index in [0.717, 1.165) is 37.4 Å². The Labute approximate surface area is 162 Å². The first-order valence-electron chi connectivity index (χ1n) is 9.92. The highest BCUT2D eigenvalue weighted by molar-refractivity contribution is 5.46. The minimum Gasteiger partial charge on any atom is -0.355 e. The molecule has 3 aromatic heterocycles. The third-order valence-corrected chi connectivity index (χ3v) is 5.61. The van der Waals surface area contributed by atoms with Gasteiger partial charge in [0.1, 0.15) is 0 Å². The molecule has 4 heterocycles. The maximum atomic E-state index is 12.3. The highest BCUT2D eigenvalue weighted by atomic mass is 16.1. The lowest BCUT2D eigenvalue weighted by Crippen LogP contribution is -2.38. The van der Waals surface area contributed by atoms with Crippen molar-refractivity contribution in [2.75, 3.05) is 18.0 Å². The summed E-state index contributed by atoms with van der Waals surface area (Å²) in [4.78, 5) is 23.8. The molecule has 28 heavy (non-hydrogen) atoms. The predicted molar refractivity (Wildman–Crippen MR) is 105 cm³/mol. The lowest BCUT2D eigenvalue weighted by atomic mass is 9.96. The van der Waals surface area contributed by atoms with Gasteiger partial charge in [-0.1, -0.05) is 0 Å². The van der Waals surface area contributed by atoms with Gasteiger partial charge in [0.05, 0.1) is 5.69 Å². The summed E-state index contributed by atoms with van der Waals surface area (Å²) in [7, 11) is 0. The van der Waals surface area contributed by atoms with E-state index in [1.165, 1.54) is 12.8 Å². The maximum absolute atomic E-state index is 12.3. The first kappa shape index (κ1) is 17.1. The molecule has 0 bridgehead atoms. The third-order valence-electron chi connectivity index (χ3n) is 5.61. The molecule has 0 amide bonds. The van der Waals surface area contributed by atoms with E-state index in [4.69, 9.17) is 0 Å². The van der Waals surface area contributed by atoms with Crippen LogP contribution in [0.2, 0.25) is 0 Å². The molecule has 2 aliphatic rings. The number of anilines is 1. The summed E-state index contributed by atoms with van der Waals surface area (Å²) >= 11 is 0. The van der Waals surface area contributed by atoms with E-state index in [0.29, 0.717) is 24.2 Å². The van der Waals surface area contributed by atoms with Gasteiger partial charge in [-0.15, -0.1) is 5.10 Å². The van der Waals surface area contributed by atoms with E-state index in [1.54, 1.807) is 40.1 Å². The lowest BCUT2D eigenvalue weighted by Gasteiger charge is -2.33. The van der Waals surface area contributed by atoms with E-state index in [2.05, 4.69) is 25.1 Å². The largest absolute Gasteiger partial charge is 0.355 e. The highest BCUT2D eigenvalue weighted by Gasteiger charge is 2.31. The van der Waals surface area contributed by atoms with Crippen LogP contribution in [0, 0.1) is 5.92 Å². The van der Waals surface area contributed by atoms with Crippen LogP contribution in [0.4, 0.5) is 5.82 Å². The van der Waals surface area contributed by atoms with Crippen LogP contribution in [0.3, 0.4) is 0 Å². The second-order valence-corrected chi connectivity index (χ2v) is 7.63. The van der Waals surface area contributed by atoms with Crippen LogP contribution in [0.25, 0.3) is 5.82 Å². The molecule has 0 atom stereocenters. The fraction of sp³-hybridized carbons (Fsp3) is 0.450. The van der Waals surface area contributed by atoms with Gasteiger partial charge in [-0.05, 0) is 43.7 Å². The average Bonchev–Trinajstić information content (AvgIpc) is 3.44. The minimum atomic E-state index is -0.0664. The van der Waals surface area contributed by atoms with Gasteiger partial charge in [-0.2, -0.15) is 5.10 Å². The van der Waals surface area contributed by atoms with Crippen molar-refractivity contribution in [2.45, 2.75) is 38.1 Å². The van der Waals surface area contributed by atoms with Crippen molar-refractivity contribution in [1.29, 1.82) is 0 Å². The number of hydrogen-bond acceptors (Lipinski definition) is 6. The number of rotatable bonds is 5. The Kier molecular flexibility index (Phi) is 4.38. The van der Waals surface area contributed by atoms with Crippen molar-refractivity contribution in [3.05, 3.63) is 59.0 Å². The van der Waals surface area contributed by atoms with Gasteiger partial charge in [0.2, 0.25) is 0 Å². The van der Waals surface area contributed by atoms with Gasteiger partial charge < -0.3 is 4.90 Å². The molecule has 2 fully saturated rings. The van der Waals surface area contributed by atoms with Crippen molar-refractivity contribution in [2.24, 2.45) is 5.92 Å². The van der Waals surface area contributed by atoms with Gasteiger partial charge in [0, 0.05) is 56.4 Å². The SMILES string of the molecule is O=c1ccc(-n2cccn2)nn1CC1CCN(c2nccnc2C2CC2)CC1. The molecule has 1 aliphatic heterocycles. The van der Waals surface area contributed by atoms with Crippen LogP contribution in [0.5, 0.6) is 0 Å². The molecule has 0 N–H and O–H groups in total. The van der Waals surface area contributed by atoms with Crippen LogP contribution >= 0.6 is 0 Å². The minimum absolute atomic E-state index is 0.0664. The van der Waals surface area contributed by atoms with Gasteiger partial charge in [0.15, 0.2) is 11.6 Å². The summed E-state index contributed by atoms with van der Waals surface area (Å²) in [5, 5.41) is 8.69. The molecule has 1 saturated carbocycles. The summed E-state index contributed by atoms with van der Waals surface area (Å²) in [6.07, 6.45) is 11.6. The summed E-state index contributed by atoms with van der Waals surface area (Å²) in [6, 6.07) is 5.12. The van der Waals surface area contributed by atoms with E-state index in [9.17, 15) is 4.79 Å². The monoisotopic (exact) mass is 377 g/mol. The van der Waals surface area contributed by atoms with Crippen LogP contribution in [0.1, 0.15) is 37.3 Å². The predicted octanol–water partition coefficient (Wildman–Crippen LogP) is 2.01. The Morgan fingerprint density at radius 1 is 1.00 bits per heavy atom. The average molecular weight is 377 g/mol. The van der Waals surface area contributed by atoms with E-state index < -0.39 is 0 Å². The number of piperidine rings is 1. The second-order valence-electron chi connectivity index (χ2n) is 7.63. The standard InChI is InChI=1S/C20H23N7O/c28-18-5-4-17(26-11-1-8-23-26)24-27(18)14-15-6-12-25(13-7-15)20-19(16-2-3-16)21-9-10-22-20/h1,4-5,8-11,15-16H,2-3,6-7,12-14H2. The molecule has 1 saturated heterocycles. The number of hydrogen-bond donors (Lipinski definition) is 0. The first-order chi connectivity index (χ1) is 13.8. The Hall–Kier alpha value is -3.03. The molecule has 3 aromatic rings. The Bertz CT molecular complexity index is 1000. The molecular formula is C20H23N7O. The lowest BCUT2D eigenvalue weighted by molar-refractivity contribution is 0.333. The van der Waals surface area contributed by atoms with Gasteiger partial charge in [-0.25, -0.2) is 14.3 Å². The molecular weight excluding hydrogens is 354 g/mol. The van der Waals surface area contributed by atoms with E-state index in [-0.39, 0.29) is 5.56 Å². The van der Waals surface area contributed by atoms with Crippen LogP contribution in [-0.2, 0) is 6.54 Å². The van der Waals surface area contributed by atoms with Crippen molar-refractivity contribution >= 4 is 5.82 Å². The van der Waals surface area contributed by atoms with Gasteiger partial charge in [0.25, 0.3) is 5.56 Å². The molecule has 144 valence electrons. The van der Waals surface area contributed by atoms with Gasteiger partial charge >= 0.3 is 0 Å². The number of nitrogens with zero attached hydrogens (tertiary/aromatic N) is 7. The molecule has 8 nitrogen and oxygen atoms in total. The fourth-order valence-corrected chi connectivity index (χ4v) is 3.90. The molecule has 8 heteroatoms. The van der Waals surface area contributed by atoms with Crippen LogP contribution in [-0.4, -0.2) is 42.6 Å². The number of aromatic nitrogens is 6. The smallest absolute Gasteiger partial charge is 0.266 e. The second kappa shape index (κ2) is 7.18. The molecule has 1 aliphatic carbocycles. The zero-order valence-electron chi connectivity index (χ0n) is 15.7.